The minimum absolute atomic E-state index is 0.0160. The highest BCUT2D eigenvalue weighted by Gasteiger charge is 2.39. The van der Waals surface area contributed by atoms with Gasteiger partial charge < -0.3 is 20.4 Å². The number of carbonyl (C=O) groups is 2. The molecule has 0 aromatic carbocycles. The number of aliphatic hydroxyl groups excluding tert-OH is 1. The molecule has 2 atom stereocenters. The summed E-state index contributed by atoms with van der Waals surface area (Å²) < 4.78 is 0. The van der Waals surface area contributed by atoms with E-state index in [9.17, 15) is 14.7 Å². The summed E-state index contributed by atoms with van der Waals surface area (Å²) in [5.41, 5.74) is 1.35. The molecule has 3 N–H and O–H groups in total. The lowest BCUT2D eigenvalue weighted by Gasteiger charge is -2.21. The zero-order valence-corrected chi connectivity index (χ0v) is 10.4. The number of aliphatic carboxylic acids is 1. The van der Waals surface area contributed by atoms with Gasteiger partial charge in [0.1, 0.15) is 6.04 Å². The number of likely N-dealkylation sites (tertiary alicyclic amines) is 1. The van der Waals surface area contributed by atoms with Gasteiger partial charge in [-0.25, -0.2) is 9.59 Å². The molecule has 2 heterocycles. The maximum Gasteiger partial charge on any atom is 0.326 e. The van der Waals surface area contributed by atoms with Gasteiger partial charge >= 0.3 is 12.0 Å². The Hall–Kier alpha value is -2.15. The average Bonchev–Trinajstić information content (AvgIpc) is 2.74. The average molecular weight is 265 g/mol. The minimum Gasteiger partial charge on any atom is -0.480 e. The number of amides is 2. The van der Waals surface area contributed by atoms with Gasteiger partial charge in [0.15, 0.2) is 0 Å². The molecule has 0 aliphatic carbocycles. The molecular weight excluding hydrogens is 250 g/mol. The van der Waals surface area contributed by atoms with E-state index in [-0.39, 0.29) is 13.0 Å². The largest absolute Gasteiger partial charge is 0.480 e. The van der Waals surface area contributed by atoms with Crippen molar-refractivity contribution in [2.45, 2.75) is 25.5 Å². The van der Waals surface area contributed by atoms with Gasteiger partial charge in [0.2, 0.25) is 0 Å². The lowest BCUT2D eigenvalue weighted by molar-refractivity contribution is -0.141. The molecule has 1 saturated heterocycles. The van der Waals surface area contributed by atoms with Crippen LogP contribution in [-0.2, 0) is 4.79 Å². The zero-order chi connectivity index (χ0) is 14.0. The first-order chi connectivity index (χ1) is 8.99. The highest BCUT2D eigenvalue weighted by Crippen LogP contribution is 2.20. The summed E-state index contributed by atoms with van der Waals surface area (Å²) in [4.78, 5) is 28.1. The number of nitrogens with one attached hydrogen (secondary N) is 1. The van der Waals surface area contributed by atoms with E-state index in [0.717, 1.165) is 10.5 Å². The molecule has 2 rings (SSSR count). The van der Waals surface area contributed by atoms with Crippen LogP contribution in [0.2, 0.25) is 0 Å². The Labute approximate surface area is 109 Å². The third-order valence-corrected chi connectivity index (χ3v) is 3.11. The second-order valence-electron chi connectivity index (χ2n) is 4.52. The number of pyridine rings is 1. The van der Waals surface area contributed by atoms with Crippen molar-refractivity contribution in [1.29, 1.82) is 0 Å². The van der Waals surface area contributed by atoms with E-state index in [0.29, 0.717) is 5.69 Å². The molecule has 1 aromatic heterocycles. The van der Waals surface area contributed by atoms with Crippen LogP contribution in [0.25, 0.3) is 0 Å². The van der Waals surface area contributed by atoms with Crippen molar-refractivity contribution in [1.82, 2.24) is 9.88 Å². The number of aryl methyl sites for hydroxylation is 1. The van der Waals surface area contributed by atoms with Gasteiger partial charge in [-0.3, -0.25) is 4.98 Å². The molecule has 0 unspecified atom stereocenters. The molecule has 1 fully saturated rings. The van der Waals surface area contributed by atoms with Crippen LogP contribution in [0.3, 0.4) is 0 Å². The number of urea groups is 1. The highest BCUT2D eigenvalue weighted by atomic mass is 16.4. The first-order valence-electron chi connectivity index (χ1n) is 5.88. The smallest absolute Gasteiger partial charge is 0.326 e. The number of aromatic nitrogens is 1. The summed E-state index contributed by atoms with van der Waals surface area (Å²) in [5, 5.41) is 21.1. The van der Waals surface area contributed by atoms with Crippen molar-refractivity contribution >= 4 is 17.7 Å². The van der Waals surface area contributed by atoms with Gasteiger partial charge in [0, 0.05) is 19.2 Å². The van der Waals surface area contributed by atoms with E-state index in [4.69, 9.17) is 5.11 Å². The van der Waals surface area contributed by atoms with Crippen molar-refractivity contribution in [3.63, 3.8) is 0 Å². The maximum absolute atomic E-state index is 12.0. The van der Waals surface area contributed by atoms with Crippen LogP contribution in [0.5, 0.6) is 0 Å². The van der Waals surface area contributed by atoms with Gasteiger partial charge in [-0.05, 0) is 18.6 Å². The SMILES string of the molecule is Cc1ccncc1NC(=O)N1C[C@H](O)C[C@@H]1C(=O)O. The summed E-state index contributed by atoms with van der Waals surface area (Å²) in [7, 11) is 0. The molecule has 1 aliphatic heterocycles. The van der Waals surface area contributed by atoms with Gasteiger partial charge in [0.05, 0.1) is 18.0 Å². The first kappa shape index (κ1) is 13.3. The Bertz CT molecular complexity index is 506. The van der Waals surface area contributed by atoms with Crippen LogP contribution in [0.15, 0.2) is 18.5 Å². The van der Waals surface area contributed by atoms with E-state index >= 15 is 0 Å². The highest BCUT2D eigenvalue weighted by molar-refractivity contribution is 5.93. The zero-order valence-electron chi connectivity index (χ0n) is 10.4. The number of carbonyl (C=O) groups excluding carboxylic acids is 1. The number of hydrogen-bond acceptors (Lipinski definition) is 4. The molecule has 7 heteroatoms. The second kappa shape index (κ2) is 5.23. The summed E-state index contributed by atoms with van der Waals surface area (Å²) in [5.74, 6) is -1.12. The van der Waals surface area contributed by atoms with Crippen LogP contribution in [0.1, 0.15) is 12.0 Å². The number of carboxylic acids is 1. The lowest BCUT2D eigenvalue weighted by Crippen LogP contribution is -2.43. The number of anilines is 1. The van der Waals surface area contributed by atoms with E-state index in [2.05, 4.69) is 10.3 Å². The third-order valence-electron chi connectivity index (χ3n) is 3.11. The monoisotopic (exact) mass is 265 g/mol. The molecule has 102 valence electrons. The predicted octanol–water partition coefficient (Wildman–Crippen LogP) is 0.442. The fourth-order valence-electron chi connectivity index (χ4n) is 2.05. The van der Waals surface area contributed by atoms with E-state index in [1.165, 1.54) is 6.20 Å². The molecule has 0 bridgehead atoms. The van der Waals surface area contributed by atoms with Gasteiger partial charge in [-0.1, -0.05) is 0 Å². The molecule has 2 amide bonds. The summed E-state index contributed by atoms with van der Waals surface area (Å²) in [6.45, 7) is 1.83. The van der Waals surface area contributed by atoms with Crippen LogP contribution < -0.4 is 5.32 Å². The van der Waals surface area contributed by atoms with Gasteiger partial charge in [-0.2, -0.15) is 0 Å². The van der Waals surface area contributed by atoms with Crippen LogP contribution in [0.4, 0.5) is 10.5 Å². The van der Waals surface area contributed by atoms with Crippen LogP contribution in [-0.4, -0.2) is 50.8 Å². The fourth-order valence-corrected chi connectivity index (χ4v) is 2.05. The minimum atomic E-state index is -1.12. The number of hydrogen-bond donors (Lipinski definition) is 3. The third kappa shape index (κ3) is 2.82. The molecular formula is C12H15N3O4. The van der Waals surface area contributed by atoms with Crippen molar-refractivity contribution in [3.05, 3.63) is 24.0 Å². The van der Waals surface area contributed by atoms with Crippen LogP contribution in [0, 0.1) is 6.92 Å². The molecule has 19 heavy (non-hydrogen) atoms. The summed E-state index contributed by atoms with van der Waals surface area (Å²) in [6, 6.07) is 0.204. The first-order valence-corrected chi connectivity index (χ1v) is 5.88. The van der Waals surface area contributed by atoms with E-state index < -0.39 is 24.1 Å². The van der Waals surface area contributed by atoms with E-state index in [1.807, 2.05) is 6.92 Å². The number of carboxylic acid groups (broad SMARTS) is 1. The van der Waals surface area contributed by atoms with E-state index in [1.54, 1.807) is 12.3 Å². The van der Waals surface area contributed by atoms with Crippen molar-refractivity contribution in [2.75, 3.05) is 11.9 Å². The predicted molar refractivity (Wildman–Crippen MR) is 66.7 cm³/mol. The Morgan fingerprint density at radius 2 is 2.26 bits per heavy atom. The number of nitrogens with zero attached hydrogens (tertiary/aromatic N) is 2. The van der Waals surface area contributed by atoms with Crippen molar-refractivity contribution < 1.29 is 19.8 Å². The number of β-amino-alcohol motifs (C(OH)–C–C–N with tert-alkyl or cyclic N) is 1. The van der Waals surface area contributed by atoms with Crippen LogP contribution >= 0.6 is 0 Å². The van der Waals surface area contributed by atoms with Gasteiger partial charge in [-0.15, -0.1) is 0 Å². The van der Waals surface area contributed by atoms with Crippen molar-refractivity contribution in [2.24, 2.45) is 0 Å². The standard InChI is InChI=1S/C12H15N3O4/c1-7-2-3-13-5-9(7)14-12(19)15-6-8(16)4-10(15)11(17)18/h2-3,5,8,10,16H,4,6H2,1H3,(H,14,19)(H,17,18)/t8-,10-/m1/s1. The fraction of sp³-hybridized carbons (Fsp3) is 0.417. The molecule has 0 spiro atoms. The molecule has 1 aromatic rings. The van der Waals surface area contributed by atoms with Gasteiger partial charge in [0.25, 0.3) is 0 Å². The summed E-state index contributed by atoms with van der Waals surface area (Å²) in [6.07, 6.45) is 2.34. The topological polar surface area (TPSA) is 103 Å². The second-order valence-corrected chi connectivity index (χ2v) is 4.52. The number of rotatable bonds is 2. The molecule has 7 nitrogen and oxygen atoms in total. The normalized spacial score (nSPS) is 22.3. The maximum atomic E-state index is 12.0. The summed E-state index contributed by atoms with van der Waals surface area (Å²) >= 11 is 0. The number of aliphatic hydroxyl groups is 1. The quantitative estimate of drug-likeness (QED) is 0.720. The molecule has 1 aliphatic rings. The molecule has 0 saturated carbocycles. The molecule has 0 radical (unpaired) electrons. The Morgan fingerprint density at radius 3 is 2.89 bits per heavy atom. The Balaban J connectivity index is 2.11. The Morgan fingerprint density at radius 1 is 1.53 bits per heavy atom. The van der Waals surface area contributed by atoms with Crippen molar-refractivity contribution in [3.8, 4) is 0 Å². The lowest BCUT2D eigenvalue weighted by atomic mass is 10.2. The Kier molecular flexibility index (Phi) is 3.66.